The Morgan fingerprint density at radius 3 is 2.41 bits per heavy atom. The predicted octanol–water partition coefficient (Wildman–Crippen LogP) is 6.52. The summed E-state index contributed by atoms with van der Waals surface area (Å²) in [6, 6.07) is 24.0. The van der Waals surface area contributed by atoms with Gasteiger partial charge in [0, 0.05) is 27.7 Å². The van der Waals surface area contributed by atoms with Crippen LogP contribution in [0.25, 0.3) is 38.9 Å². The molecule has 0 aliphatic rings. The fraction of sp³-hybridized carbons (Fsp3) is 0. The first kappa shape index (κ1) is 16.3. The summed E-state index contributed by atoms with van der Waals surface area (Å²) in [4.78, 5) is 8.97. The van der Waals surface area contributed by atoms with E-state index < -0.39 is 0 Å². The smallest absolute Gasteiger partial charge is 0.223 e. The standard InChI is InChI=1S/C22H13Cl2N3/c23-15-10-8-14(9-11-15)18-13-16-5-3-4-12-27(16)21(18)20-17-6-1-2-7-19(17)25-22(24)26-20/h1-13H. The molecule has 0 atom stereocenters. The maximum Gasteiger partial charge on any atom is 0.223 e. The second-order valence-corrected chi connectivity index (χ2v) is 7.04. The number of fused-ring (bicyclic) bond motifs is 2. The Morgan fingerprint density at radius 2 is 1.56 bits per heavy atom. The van der Waals surface area contributed by atoms with Crippen molar-refractivity contribution < 1.29 is 0 Å². The maximum absolute atomic E-state index is 6.26. The molecule has 2 aromatic carbocycles. The van der Waals surface area contributed by atoms with Crippen LogP contribution < -0.4 is 0 Å². The Labute approximate surface area is 165 Å². The molecule has 0 amide bonds. The Kier molecular flexibility index (Phi) is 3.85. The molecule has 0 spiro atoms. The highest BCUT2D eigenvalue weighted by molar-refractivity contribution is 6.30. The van der Waals surface area contributed by atoms with E-state index in [1.807, 2.05) is 66.9 Å². The predicted molar refractivity (Wildman–Crippen MR) is 111 cm³/mol. The maximum atomic E-state index is 6.26. The van der Waals surface area contributed by atoms with Crippen molar-refractivity contribution in [2.75, 3.05) is 0 Å². The van der Waals surface area contributed by atoms with Crippen LogP contribution in [0.2, 0.25) is 10.3 Å². The first-order valence-corrected chi connectivity index (χ1v) is 9.25. The molecule has 3 nitrogen and oxygen atoms in total. The topological polar surface area (TPSA) is 30.2 Å². The van der Waals surface area contributed by atoms with E-state index >= 15 is 0 Å². The van der Waals surface area contributed by atoms with Crippen molar-refractivity contribution in [1.82, 2.24) is 14.4 Å². The zero-order chi connectivity index (χ0) is 18.4. The summed E-state index contributed by atoms with van der Waals surface area (Å²) in [5.74, 6) is 0. The summed E-state index contributed by atoms with van der Waals surface area (Å²) in [6.07, 6.45) is 2.04. The lowest BCUT2D eigenvalue weighted by Crippen LogP contribution is -1.96. The van der Waals surface area contributed by atoms with Crippen LogP contribution in [-0.4, -0.2) is 14.4 Å². The average molecular weight is 390 g/mol. The van der Waals surface area contributed by atoms with Gasteiger partial charge in [0.1, 0.15) is 5.69 Å². The van der Waals surface area contributed by atoms with Crippen LogP contribution in [0.15, 0.2) is 79.0 Å². The van der Waals surface area contributed by atoms with Crippen molar-refractivity contribution in [3.05, 3.63) is 89.3 Å². The number of rotatable bonds is 2. The van der Waals surface area contributed by atoms with Gasteiger partial charge >= 0.3 is 0 Å². The molecule has 5 rings (SSSR count). The minimum Gasteiger partial charge on any atom is -0.315 e. The molecule has 0 saturated heterocycles. The highest BCUT2D eigenvalue weighted by atomic mass is 35.5. The third-order valence-corrected chi connectivity index (χ3v) is 5.06. The van der Waals surface area contributed by atoms with Crippen LogP contribution in [-0.2, 0) is 0 Å². The van der Waals surface area contributed by atoms with Crippen molar-refractivity contribution in [2.45, 2.75) is 0 Å². The molecule has 0 bridgehead atoms. The number of benzene rings is 2. The molecule has 27 heavy (non-hydrogen) atoms. The Balaban J connectivity index is 1.91. The zero-order valence-corrected chi connectivity index (χ0v) is 15.6. The Morgan fingerprint density at radius 1 is 0.778 bits per heavy atom. The summed E-state index contributed by atoms with van der Waals surface area (Å²) >= 11 is 12.4. The molecule has 3 heterocycles. The molecule has 5 aromatic rings. The number of nitrogens with zero attached hydrogens (tertiary/aromatic N) is 3. The van der Waals surface area contributed by atoms with Crippen LogP contribution in [0, 0.1) is 0 Å². The third-order valence-electron chi connectivity index (χ3n) is 4.64. The van der Waals surface area contributed by atoms with Gasteiger partial charge in [0.15, 0.2) is 0 Å². The van der Waals surface area contributed by atoms with Crippen molar-refractivity contribution in [3.63, 3.8) is 0 Å². The largest absolute Gasteiger partial charge is 0.315 e. The molecule has 0 saturated carbocycles. The minimum absolute atomic E-state index is 0.233. The minimum atomic E-state index is 0.233. The summed E-state index contributed by atoms with van der Waals surface area (Å²) in [5, 5.41) is 1.90. The van der Waals surface area contributed by atoms with Crippen molar-refractivity contribution in [2.24, 2.45) is 0 Å². The van der Waals surface area contributed by atoms with E-state index in [4.69, 9.17) is 23.2 Å². The molecule has 0 aliphatic heterocycles. The molecular weight excluding hydrogens is 377 g/mol. The fourth-order valence-electron chi connectivity index (χ4n) is 3.44. The van der Waals surface area contributed by atoms with Crippen molar-refractivity contribution >= 4 is 39.6 Å². The van der Waals surface area contributed by atoms with Gasteiger partial charge < -0.3 is 4.40 Å². The molecule has 0 aliphatic carbocycles. The van der Waals surface area contributed by atoms with Crippen molar-refractivity contribution in [1.29, 1.82) is 0 Å². The van der Waals surface area contributed by atoms with Gasteiger partial charge in [0.05, 0.1) is 11.2 Å². The number of halogens is 2. The second kappa shape index (κ2) is 6.38. The molecule has 0 unspecified atom stereocenters. The average Bonchev–Trinajstić information content (AvgIpc) is 3.07. The molecule has 0 N–H and O–H groups in total. The van der Waals surface area contributed by atoms with E-state index in [-0.39, 0.29) is 5.28 Å². The SMILES string of the molecule is Clc1ccc(-c2cc3ccccn3c2-c2nc(Cl)nc3ccccc23)cc1. The summed E-state index contributed by atoms with van der Waals surface area (Å²) in [6.45, 7) is 0. The number of pyridine rings is 1. The first-order chi connectivity index (χ1) is 13.2. The van der Waals surface area contributed by atoms with E-state index in [2.05, 4.69) is 26.5 Å². The van der Waals surface area contributed by atoms with Gasteiger partial charge in [0.2, 0.25) is 5.28 Å². The van der Waals surface area contributed by atoms with Crippen LogP contribution in [0.3, 0.4) is 0 Å². The lowest BCUT2D eigenvalue weighted by atomic mass is 10.0. The lowest BCUT2D eigenvalue weighted by molar-refractivity contribution is 1.16. The molecule has 3 aromatic heterocycles. The molecule has 0 fully saturated rings. The summed E-state index contributed by atoms with van der Waals surface area (Å²) in [7, 11) is 0. The van der Waals surface area contributed by atoms with Crippen LogP contribution >= 0.6 is 23.2 Å². The fourth-order valence-corrected chi connectivity index (χ4v) is 3.75. The normalized spacial score (nSPS) is 11.3. The third kappa shape index (κ3) is 2.76. The molecular formula is C22H13Cl2N3. The Hall–Kier alpha value is -2.88. The van der Waals surface area contributed by atoms with Crippen LogP contribution in [0.5, 0.6) is 0 Å². The van der Waals surface area contributed by atoms with Crippen LogP contribution in [0.4, 0.5) is 0 Å². The number of para-hydroxylation sites is 1. The van der Waals surface area contributed by atoms with E-state index in [9.17, 15) is 0 Å². The van der Waals surface area contributed by atoms with E-state index in [1.165, 1.54) is 0 Å². The van der Waals surface area contributed by atoms with Gasteiger partial charge in [-0.05, 0) is 53.6 Å². The molecule has 0 radical (unpaired) electrons. The Bertz CT molecular complexity index is 1290. The van der Waals surface area contributed by atoms with E-state index in [1.54, 1.807) is 0 Å². The zero-order valence-electron chi connectivity index (χ0n) is 14.1. The summed E-state index contributed by atoms with van der Waals surface area (Å²) < 4.78 is 2.13. The second-order valence-electron chi connectivity index (χ2n) is 6.27. The van der Waals surface area contributed by atoms with Crippen LogP contribution in [0.1, 0.15) is 0 Å². The molecule has 130 valence electrons. The van der Waals surface area contributed by atoms with Gasteiger partial charge in [-0.1, -0.05) is 48.0 Å². The van der Waals surface area contributed by atoms with E-state index in [0.717, 1.165) is 38.9 Å². The summed E-state index contributed by atoms with van der Waals surface area (Å²) in [5.41, 5.74) is 5.82. The number of hydrogen-bond acceptors (Lipinski definition) is 2. The van der Waals surface area contributed by atoms with Gasteiger partial charge in [-0.2, -0.15) is 0 Å². The highest BCUT2D eigenvalue weighted by Gasteiger charge is 2.18. The van der Waals surface area contributed by atoms with Crippen molar-refractivity contribution in [3.8, 4) is 22.5 Å². The van der Waals surface area contributed by atoms with Gasteiger partial charge in [-0.3, -0.25) is 0 Å². The number of hydrogen-bond donors (Lipinski definition) is 0. The molecule has 5 heteroatoms. The highest BCUT2D eigenvalue weighted by Crippen LogP contribution is 2.38. The number of aromatic nitrogens is 3. The van der Waals surface area contributed by atoms with Gasteiger partial charge in [-0.15, -0.1) is 0 Å². The first-order valence-electron chi connectivity index (χ1n) is 8.49. The van der Waals surface area contributed by atoms with Gasteiger partial charge in [-0.25, -0.2) is 9.97 Å². The van der Waals surface area contributed by atoms with E-state index in [0.29, 0.717) is 5.02 Å². The van der Waals surface area contributed by atoms with Gasteiger partial charge in [0.25, 0.3) is 0 Å². The quantitative estimate of drug-likeness (QED) is 0.321. The monoisotopic (exact) mass is 389 g/mol. The lowest BCUT2D eigenvalue weighted by Gasteiger charge is -2.10.